The van der Waals surface area contributed by atoms with Crippen molar-refractivity contribution >= 4 is 23.4 Å². The molecule has 0 saturated carbocycles. The molecule has 1 aromatic rings. The Hall–Kier alpha value is -1.01. The van der Waals surface area contributed by atoms with Crippen molar-refractivity contribution in [2.75, 3.05) is 44.1 Å². The topological polar surface area (TPSA) is 58.3 Å². The third-order valence-corrected chi connectivity index (χ3v) is 3.96. The van der Waals surface area contributed by atoms with Gasteiger partial charge in [-0.3, -0.25) is 0 Å². The first kappa shape index (κ1) is 13.4. The van der Waals surface area contributed by atoms with Gasteiger partial charge in [0.25, 0.3) is 0 Å². The van der Waals surface area contributed by atoms with Crippen LogP contribution in [0.5, 0.6) is 0 Å². The summed E-state index contributed by atoms with van der Waals surface area (Å²) < 4.78 is 0. The molecule has 18 heavy (non-hydrogen) atoms. The zero-order valence-electron chi connectivity index (χ0n) is 11.3. The normalized spacial score (nSPS) is 17.4. The van der Waals surface area contributed by atoms with Crippen LogP contribution < -0.4 is 10.6 Å². The number of hydrogen-bond donors (Lipinski definition) is 1. The van der Waals surface area contributed by atoms with E-state index in [2.05, 4.69) is 33.9 Å². The molecule has 0 amide bonds. The van der Waals surface area contributed by atoms with Gasteiger partial charge >= 0.3 is 0 Å². The quantitative estimate of drug-likeness (QED) is 0.658. The van der Waals surface area contributed by atoms with E-state index >= 15 is 0 Å². The van der Waals surface area contributed by atoms with Crippen molar-refractivity contribution in [1.29, 1.82) is 0 Å². The second-order valence-electron chi connectivity index (χ2n) is 4.82. The molecule has 0 aliphatic carbocycles. The minimum absolute atomic E-state index is 0.555. The summed E-state index contributed by atoms with van der Waals surface area (Å²) in [6.07, 6.45) is 4.31. The van der Waals surface area contributed by atoms with Crippen LogP contribution in [0.25, 0.3) is 0 Å². The Bertz CT molecular complexity index is 401. The van der Waals surface area contributed by atoms with Crippen LogP contribution >= 0.6 is 11.8 Å². The number of nitrogens with zero attached hydrogens (tertiary/aromatic N) is 4. The molecular weight excluding hydrogens is 246 g/mol. The van der Waals surface area contributed by atoms with E-state index in [1.807, 2.05) is 12.3 Å². The lowest BCUT2D eigenvalue weighted by Crippen LogP contribution is -2.42. The number of aromatic nitrogens is 2. The van der Waals surface area contributed by atoms with Crippen LogP contribution in [0.3, 0.4) is 0 Å². The van der Waals surface area contributed by atoms with Gasteiger partial charge in [0.05, 0.1) is 0 Å². The standard InChI is InChI=1S/C12H21N5S/c1-16(2)9-4-6-17(7-5-9)11-8-10(13)14-12(15-11)18-3/h8-9H,4-7H2,1-3H3,(H2,13,14,15). The van der Waals surface area contributed by atoms with Crippen molar-refractivity contribution < 1.29 is 0 Å². The van der Waals surface area contributed by atoms with E-state index in [4.69, 9.17) is 5.73 Å². The van der Waals surface area contributed by atoms with Crippen LogP contribution in [0.4, 0.5) is 11.6 Å². The Morgan fingerprint density at radius 2 is 2.00 bits per heavy atom. The van der Waals surface area contributed by atoms with Crippen LogP contribution in [0, 0.1) is 0 Å². The fourth-order valence-corrected chi connectivity index (χ4v) is 2.68. The molecule has 0 aromatic carbocycles. The number of nitrogens with two attached hydrogens (primary N) is 1. The Balaban J connectivity index is 2.07. The average molecular weight is 267 g/mol. The van der Waals surface area contributed by atoms with Crippen molar-refractivity contribution in [3.8, 4) is 0 Å². The molecule has 0 atom stereocenters. The first-order valence-electron chi connectivity index (χ1n) is 6.20. The highest BCUT2D eigenvalue weighted by Gasteiger charge is 2.21. The van der Waals surface area contributed by atoms with Crippen LogP contribution in [0.1, 0.15) is 12.8 Å². The van der Waals surface area contributed by atoms with E-state index in [0.29, 0.717) is 11.9 Å². The second-order valence-corrected chi connectivity index (χ2v) is 5.59. The second kappa shape index (κ2) is 5.75. The third-order valence-electron chi connectivity index (χ3n) is 3.41. The zero-order chi connectivity index (χ0) is 13.1. The molecule has 0 spiro atoms. The van der Waals surface area contributed by atoms with E-state index in [1.54, 1.807) is 0 Å². The van der Waals surface area contributed by atoms with Gasteiger partial charge in [0, 0.05) is 25.2 Å². The van der Waals surface area contributed by atoms with Crippen LogP contribution in [0.2, 0.25) is 0 Å². The fourth-order valence-electron chi connectivity index (χ4n) is 2.29. The van der Waals surface area contributed by atoms with Gasteiger partial charge in [-0.2, -0.15) is 0 Å². The molecule has 1 aromatic heterocycles. The van der Waals surface area contributed by atoms with Gasteiger partial charge in [0.15, 0.2) is 5.16 Å². The van der Waals surface area contributed by atoms with E-state index in [9.17, 15) is 0 Å². The maximum absolute atomic E-state index is 5.82. The Morgan fingerprint density at radius 3 is 2.56 bits per heavy atom. The van der Waals surface area contributed by atoms with Crippen molar-refractivity contribution in [2.45, 2.75) is 24.0 Å². The molecule has 2 rings (SSSR count). The summed E-state index contributed by atoms with van der Waals surface area (Å²) in [5.41, 5.74) is 5.82. The van der Waals surface area contributed by atoms with Gasteiger partial charge < -0.3 is 15.5 Å². The molecule has 1 fully saturated rings. The summed E-state index contributed by atoms with van der Waals surface area (Å²) in [5, 5.41) is 0.750. The first-order valence-corrected chi connectivity index (χ1v) is 7.42. The minimum atomic E-state index is 0.555. The molecule has 5 nitrogen and oxygen atoms in total. The van der Waals surface area contributed by atoms with Crippen LogP contribution in [-0.2, 0) is 0 Å². The summed E-state index contributed by atoms with van der Waals surface area (Å²) in [4.78, 5) is 13.3. The lowest BCUT2D eigenvalue weighted by atomic mass is 10.0. The number of nitrogen functional groups attached to an aromatic ring is 1. The predicted molar refractivity (Wildman–Crippen MR) is 77.1 cm³/mol. The fraction of sp³-hybridized carbons (Fsp3) is 0.667. The van der Waals surface area contributed by atoms with Crippen molar-refractivity contribution in [1.82, 2.24) is 14.9 Å². The number of anilines is 2. The summed E-state index contributed by atoms with van der Waals surface area (Å²) in [5.74, 6) is 1.52. The molecule has 6 heteroatoms. The third kappa shape index (κ3) is 3.05. The van der Waals surface area contributed by atoms with Crippen molar-refractivity contribution in [3.63, 3.8) is 0 Å². The van der Waals surface area contributed by atoms with E-state index in [1.165, 1.54) is 24.6 Å². The van der Waals surface area contributed by atoms with Gasteiger partial charge in [0.1, 0.15) is 11.6 Å². The summed E-state index contributed by atoms with van der Waals surface area (Å²) in [7, 11) is 4.30. The lowest BCUT2D eigenvalue weighted by Gasteiger charge is -2.35. The summed E-state index contributed by atoms with van der Waals surface area (Å²) >= 11 is 1.53. The monoisotopic (exact) mass is 267 g/mol. The molecule has 1 aliphatic rings. The van der Waals surface area contributed by atoms with Gasteiger partial charge in [-0.15, -0.1) is 0 Å². The van der Waals surface area contributed by atoms with Crippen molar-refractivity contribution in [2.24, 2.45) is 0 Å². The van der Waals surface area contributed by atoms with E-state index in [0.717, 1.165) is 24.1 Å². The highest BCUT2D eigenvalue weighted by Crippen LogP contribution is 2.23. The number of rotatable bonds is 3. The Kier molecular flexibility index (Phi) is 4.29. The highest BCUT2D eigenvalue weighted by molar-refractivity contribution is 7.98. The summed E-state index contributed by atoms with van der Waals surface area (Å²) in [6, 6.07) is 2.55. The molecule has 2 heterocycles. The molecule has 0 unspecified atom stereocenters. The van der Waals surface area contributed by atoms with Crippen molar-refractivity contribution in [3.05, 3.63) is 6.07 Å². The SMILES string of the molecule is CSc1nc(N)cc(N2CCC(N(C)C)CC2)n1. The average Bonchev–Trinajstić information content (AvgIpc) is 2.38. The smallest absolute Gasteiger partial charge is 0.191 e. The molecule has 0 radical (unpaired) electrons. The Morgan fingerprint density at radius 1 is 1.33 bits per heavy atom. The maximum Gasteiger partial charge on any atom is 0.191 e. The molecular formula is C12H21N5S. The van der Waals surface area contributed by atoms with Gasteiger partial charge in [0.2, 0.25) is 0 Å². The largest absolute Gasteiger partial charge is 0.383 e. The lowest BCUT2D eigenvalue weighted by molar-refractivity contribution is 0.249. The first-order chi connectivity index (χ1) is 8.60. The minimum Gasteiger partial charge on any atom is -0.383 e. The van der Waals surface area contributed by atoms with E-state index in [-0.39, 0.29) is 0 Å². The molecule has 0 bridgehead atoms. The number of piperidine rings is 1. The molecule has 2 N–H and O–H groups in total. The zero-order valence-corrected chi connectivity index (χ0v) is 12.1. The maximum atomic E-state index is 5.82. The summed E-state index contributed by atoms with van der Waals surface area (Å²) in [6.45, 7) is 2.07. The molecule has 1 saturated heterocycles. The van der Waals surface area contributed by atoms with Crippen LogP contribution in [0.15, 0.2) is 11.2 Å². The van der Waals surface area contributed by atoms with Gasteiger partial charge in [-0.25, -0.2) is 9.97 Å². The van der Waals surface area contributed by atoms with E-state index < -0.39 is 0 Å². The van der Waals surface area contributed by atoms with Gasteiger partial charge in [-0.05, 0) is 33.2 Å². The predicted octanol–water partition coefficient (Wildman–Crippen LogP) is 1.31. The number of thioether (sulfide) groups is 1. The highest BCUT2D eigenvalue weighted by atomic mass is 32.2. The molecule has 1 aliphatic heterocycles. The Labute approximate surface area is 113 Å². The van der Waals surface area contributed by atoms with Gasteiger partial charge in [-0.1, -0.05) is 11.8 Å². The van der Waals surface area contributed by atoms with Crippen LogP contribution in [-0.4, -0.2) is 54.4 Å². The number of hydrogen-bond acceptors (Lipinski definition) is 6. The molecule has 100 valence electrons.